The highest BCUT2D eigenvalue weighted by molar-refractivity contribution is 5.94. The van der Waals surface area contributed by atoms with Crippen LogP contribution in [-0.4, -0.2) is 62.7 Å². The van der Waals surface area contributed by atoms with E-state index in [1.807, 2.05) is 41.8 Å². The molecule has 1 aromatic carbocycles. The number of carbonyl (C=O) groups excluding carboxylic acids is 2. The van der Waals surface area contributed by atoms with Crippen LogP contribution >= 0.6 is 0 Å². The number of amides is 2. The second-order valence-corrected chi connectivity index (χ2v) is 9.24. The van der Waals surface area contributed by atoms with Gasteiger partial charge in [0.1, 0.15) is 5.75 Å². The number of pyridine rings is 1. The maximum atomic E-state index is 13.5. The summed E-state index contributed by atoms with van der Waals surface area (Å²) in [5.74, 6) is 0.918. The van der Waals surface area contributed by atoms with Gasteiger partial charge in [0, 0.05) is 62.4 Å². The molecular formula is C27H31N5O3. The van der Waals surface area contributed by atoms with Gasteiger partial charge in [-0.2, -0.15) is 0 Å². The minimum absolute atomic E-state index is 0.0876. The summed E-state index contributed by atoms with van der Waals surface area (Å²) in [6.45, 7) is 6.26. The van der Waals surface area contributed by atoms with Crippen LogP contribution in [0.15, 0.2) is 67.1 Å². The molecule has 0 spiro atoms. The van der Waals surface area contributed by atoms with Crippen LogP contribution in [0.4, 0.5) is 0 Å². The molecule has 182 valence electrons. The zero-order valence-electron chi connectivity index (χ0n) is 20.2. The Morgan fingerprint density at radius 2 is 1.69 bits per heavy atom. The minimum atomic E-state index is -0.0893. The highest BCUT2D eigenvalue weighted by Gasteiger charge is 2.29. The van der Waals surface area contributed by atoms with Crippen LogP contribution in [0, 0.1) is 11.8 Å². The average Bonchev–Trinajstić information content (AvgIpc) is 3.07. The molecule has 35 heavy (non-hydrogen) atoms. The molecule has 8 nitrogen and oxygen atoms in total. The molecule has 4 rings (SSSR count). The van der Waals surface area contributed by atoms with Gasteiger partial charge in [-0.15, -0.1) is 0 Å². The quantitative estimate of drug-likeness (QED) is 0.518. The topological polar surface area (TPSA) is 88.5 Å². The molecular weight excluding hydrogens is 442 g/mol. The van der Waals surface area contributed by atoms with E-state index in [1.165, 1.54) is 0 Å². The normalized spacial score (nSPS) is 16.1. The Labute approximate surface area is 206 Å². The van der Waals surface area contributed by atoms with Crippen LogP contribution in [0.1, 0.15) is 36.3 Å². The largest absolute Gasteiger partial charge is 0.424 e. The number of nitrogens with zero attached hydrogens (tertiary/aromatic N) is 5. The molecule has 1 aliphatic rings. The first-order chi connectivity index (χ1) is 17.0. The first-order valence-corrected chi connectivity index (χ1v) is 12.0. The second-order valence-electron chi connectivity index (χ2n) is 9.24. The molecule has 0 bridgehead atoms. The molecule has 0 unspecified atom stereocenters. The Hall–Kier alpha value is -3.81. The fourth-order valence-corrected chi connectivity index (χ4v) is 4.26. The van der Waals surface area contributed by atoms with E-state index in [4.69, 9.17) is 4.74 Å². The lowest BCUT2D eigenvalue weighted by molar-refractivity contribution is -0.132. The third-order valence-corrected chi connectivity index (χ3v) is 5.88. The van der Waals surface area contributed by atoms with E-state index < -0.39 is 0 Å². The molecule has 0 radical (unpaired) electrons. The van der Waals surface area contributed by atoms with Crippen molar-refractivity contribution in [3.05, 3.63) is 78.4 Å². The van der Waals surface area contributed by atoms with Gasteiger partial charge in [-0.25, -0.2) is 9.97 Å². The lowest BCUT2D eigenvalue weighted by Gasteiger charge is -2.25. The molecule has 2 aromatic heterocycles. The molecule has 1 aliphatic heterocycles. The Kier molecular flexibility index (Phi) is 8.03. The molecule has 1 saturated heterocycles. The van der Waals surface area contributed by atoms with Crippen molar-refractivity contribution in [1.82, 2.24) is 24.8 Å². The van der Waals surface area contributed by atoms with Gasteiger partial charge in [-0.05, 0) is 54.7 Å². The number of hydrogen-bond acceptors (Lipinski definition) is 6. The summed E-state index contributed by atoms with van der Waals surface area (Å²) >= 11 is 0. The number of ether oxygens (including phenoxy) is 1. The van der Waals surface area contributed by atoms with Crippen molar-refractivity contribution in [1.29, 1.82) is 0 Å². The van der Waals surface area contributed by atoms with Crippen molar-refractivity contribution in [2.75, 3.05) is 26.2 Å². The van der Waals surface area contributed by atoms with Crippen LogP contribution in [0.25, 0.3) is 0 Å². The zero-order valence-corrected chi connectivity index (χ0v) is 20.2. The minimum Gasteiger partial charge on any atom is -0.424 e. The average molecular weight is 474 g/mol. The van der Waals surface area contributed by atoms with Crippen LogP contribution < -0.4 is 4.74 Å². The standard InChI is InChI=1S/C27H31N5O3/c1-20(2)15-25(33)31-13-14-32(19-21(18-31)16-23-8-3-4-10-28-23)26(34)22-7-5-9-24(17-22)35-27-29-11-6-12-30-27/h3-12,17,20-21H,13-16,18-19H2,1-2H3/t21-/m1/s1. The summed E-state index contributed by atoms with van der Waals surface area (Å²) in [6, 6.07) is 14.8. The summed E-state index contributed by atoms with van der Waals surface area (Å²) in [7, 11) is 0. The Morgan fingerprint density at radius 1 is 0.943 bits per heavy atom. The number of hydrogen-bond donors (Lipinski definition) is 0. The SMILES string of the molecule is CC(C)CC(=O)N1CCN(C(=O)c2cccc(Oc3ncccn3)c2)C[C@H](Cc2ccccn2)C1. The predicted octanol–water partition coefficient (Wildman–Crippen LogP) is 3.85. The molecule has 3 aromatic rings. The summed E-state index contributed by atoms with van der Waals surface area (Å²) in [5, 5.41) is 0. The molecule has 8 heteroatoms. The number of carbonyl (C=O) groups is 2. The summed E-state index contributed by atoms with van der Waals surface area (Å²) in [6.07, 6.45) is 6.18. The van der Waals surface area contributed by atoms with Crippen molar-refractivity contribution in [3.63, 3.8) is 0 Å². The van der Waals surface area contributed by atoms with E-state index >= 15 is 0 Å². The first-order valence-electron chi connectivity index (χ1n) is 12.0. The third kappa shape index (κ3) is 6.85. The molecule has 0 aliphatic carbocycles. The van der Waals surface area contributed by atoms with Gasteiger partial charge >= 0.3 is 6.01 Å². The molecule has 0 N–H and O–H groups in total. The van der Waals surface area contributed by atoms with Crippen molar-refractivity contribution in [2.45, 2.75) is 26.7 Å². The van der Waals surface area contributed by atoms with Gasteiger partial charge in [0.25, 0.3) is 5.91 Å². The number of rotatable bonds is 7. The van der Waals surface area contributed by atoms with E-state index in [0.717, 1.165) is 5.69 Å². The van der Waals surface area contributed by atoms with Crippen LogP contribution in [0.2, 0.25) is 0 Å². The van der Waals surface area contributed by atoms with E-state index in [2.05, 4.69) is 15.0 Å². The summed E-state index contributed by atoms with van der Waals surface area (Å²) in [4.78, 5) is 42.8. The zero-order chi connectivity index (χ0) is 24.6. The number of aromatic nitrogens is 3. The van der Waals surface area contributed by atoms with Crippen molar-refractivity contribution < 1.29 is 14.3 Å². The Balaban J connectivity index is 1.52. The van der Waals surface area contributed by atoms with Crippen LogP contribution in [-0.2, 0) is 11.2 Å². The second kappa shape index (κ2) is 11.6. The van der Waals surface area contributed by atoms with Gasteiger partial charge in [-0.3, -0.25) is 14.6 Å². The van der Waals surface area contributed by atoms with Gasteiger partial charge < -0.3 is 14.5 Å². The summed E-state index contributed by atoms with van der Waals surface area (Å²) < 4.78 is 5.71. The lowest BCUT2D eigenvalue weighted by Crippen LogP contribution is -2.37. The van der Waals surface area contributed by atoms with Gasteiger partial charge in [0.2, 0.25) is 5.91 Å². The highest BCUT2D eigenvalue weighted by Crippen LogP contribution is 2.22. The van der Waals surface area contributed by atoms with Crippen LogP contribution in [0.5, 0.6) is 11.8 Å². The molecule has 0 saturated carbocycles. The van der Waals surface area contributed by atoms with Gasteiger partial charge in [-0.1, -0.05) is 26.0 Å². The fourth-order valence-electron chi connectivity index (χ4n) is 4.26. The van der Waals surface area contributed by atoms with E-state index in [0.29, 0.717) is 50.3 Å². The smallest absolute Gasteiger partial charge is 0.321 e. The van der Waals surface area contributed by atoms with Crippen molar-refractivity contribution in [2.24, 2.45) is 11.8 Å². The molecule has 2 amide bonds. The molecule has 1 atom stereocenters. The van der Waals surface area contributed by atoms with Crippen molar-refractivity contribution >= 4 is 11.8 Å². The maximum absolute atomic E-state index is 13.5. The maximum Gasteiger partial charge on any atom is 0.321 e. The third-order valence-electron chi connectivity index (χ3n) is 5.88. The Morgan fingerprint density at radius 3 is 2.43 bits per heavy atom. The lowest BCUT2D eigenvalue weighted by atomic mass is 10.0. The van der Waals surface area contributed by atoms with Crippen LogP contribution in [0.3, 0.4) is 0 Å². The monoisotopic (exact) mass is 473 g/mol. The fraction of sp³-hybridized carbons (Fsp3) is 0.370. The molecule has 3 heterocycles. The van der Waals surface area contributed by atoms with E-state index in [1.54, 1.807) is 48.9 Å². The van der Waals surface area contributed by atoms with Gasteiger partial charge in [0.15, 0.2) is 0 Å². The van der Waals surface area contributed by atoms with Gasteiger partial charge in [0.05, 0.1) is 0 Å². The first kappa shape index (κ1) is 24.3. The van der Waals surface area contributed by atoms with E-state index in [9.17, 15) is 9.59 Å². The van der Waals surface area contributed by atoms with Crippen molar-refractivity contribution in [3.8, 4) is 11.8 Å². The number of benzene rings is 1. The summed E-state index contributed by atoms with van der Waals surface area (Å²) in [5.41, 5.74) is 1.48. The molecule has 1 fully saturated rings. The predicted molar refractivity (Wildman–Crippen MR) is 132 cm³/mol. The highest BCUT2D eigenvalue weighted by atomic mass is 16.5. The Bertz CT molecular complexity index is 1120. The van der Waals surface area contributed by atoms with E-state index in [-0.39, 0.29) is 29.7 Å².